The van der Waals surface area contributed by atoms with Gasteiger partial charge in [-0.05, 0) is 51.0 Å². The van der Waals surface area contributed by atoms with Crippen molar-refractivity contribution in [1.29, 1.82) is 0 Å². The fourth-order valence-electron chi connectivity index (χ4n) is 3.51. The molecule has 1 saturated carbocycles. The molecule has 1 nitrogen and oxygen atoms in total. The normalized spacial score (nSPS) is 20.3. The Morgan fingerprint density at radius 3 is 2.30 bits per heavy atom. The molecule has 0 aromatic heterocycles. The number of aryl methyl sites for hydroxylation is 1. The summed E-state index contributed by atoms with van der Waals surface area (Å²) in [5, 5.41) is 3.85. The van der Waals surface area contributed by atoms with Crippen LogP contribution in [0.2, 0.25) is 0 Å². The van der Waals surface area contributed by atoms with Crippen LogP contribution >= 0.6 is 0 Å². The van der Waals surface area contributed by atoms with E-state index in [0.717, 1.165) is 5.92 Å². The SMILES string of the molecule is CC(CCc1ccccc1)N[C@H](C)C1CCCCCC1. The maximum atomic E-state index is 3.85. The van der Waals surface area contributed by atoms with Crippen LogP contribution < -0.4 is 5.32 Å². The van der Waals surface area contributed by atoms with E-state index in [2.05, 4.69) is 49.5 Å². The Morgan fingerprint density at radius 2 is 1.65 bits per heavy atom. The Hall–Kier alpha value is -0.820. The summed E-state index contributed by atoms with van der Waals surface area (Å²) < 4.78 is 0. The van der Waals surface area contributed by atoms with Crippen molar-refractivity contribution in [2.24, 2.45) is 5.92 Å². The molecule has 1 N–H and O–H groups in total. The summed E-state index contributed by atoms with van der Waals surface area (Å²) in [6.45, 7) is 4.74. The fraction of sp³-hybridized carbons (Fsp3) is 0.684. The lowest BCUT2D eigenvalue weighted by atomic mass is 9.92. The number of hydrogen-bond acceptors (Lipinski definition) is 1. The van der Waals surface area contributed by atoms with Crippen molar-refractivity contribution in [2.75, 3.05) is 0 Å². The van der Waals surface area contributed by atoms with Gasteiger partial charge in [0.25, 0.3) is 0 Å². The van der Waals surface area contributed by atoms with Crippen molar-refractivity contribution in [1.82, 2.24) is 5.32 Å². The molecule has 0 aliphatic heterocycles. The second-order valence-electron chi connectivity index (χ2n) is 6.63. The average Bonchev–Trinajstić information content (AvgIpc) is 2.75. The molecule has 0 heterocycles. The molecule has 1 aliphatic carbocycles. The maximum Gasteiger partial charge on any atom is 0.00694 e. The van der Waals surface area contributed by atoms with E-state index in [1.54, 1.807) is 0 Å². The topological polar surface area (TPSA) is 12.0 Å². The van der Waals surface area contributed by atoms with Crippen LogP contribution in [0, 0.1) is 5.92 Å². The molecule has 0 amide bonds. The highest BCUT2D eigenvalue weighted by atomic mass is 14.9. The number of benzene rings is 1. The van der Waals surface area contributed by atoms with E-state index >= 15 is 0 Å². The minimum Gasteiger partial charge on any atom is -0.311 e. The molecule has 2 atom stereocenters. The summed E-state index contributed by atoms with van der Waals surface area (Å²) in [5.74, 6) is 0.900. The minimum atomic E-state index is 0.619. The highest BCUT2D eigenvalue weighted by Crippen LogP contribution is 2.25. The van der Waals surface area contributed by atoms with E-state index < -0.39 is 0 Å². The van der Waals surface area contributed by atoms with Crippen LogP contribution in [0.25, 0.3) is 0 Å². The monoisotopic (exact) mass is 273 g/mol. The van der Waals surface area contributed by atoms with Crippen molar-refractivity contribution in [2.45, 2.75) is 77.3 Å². The molecular weight excluding hydrogens is 242 g/mol. The third-order valence-electron chi connectivity index (χ3n) is 4.86. The van der Waals surface area contributed by atoms with Gasteiger partial charge < -0.3 is 5.32 Å². The van der Waals surface area contributed by atoms with Gasteiger partial charge in [-0.25, -0.2) is 0 Å². The third-order valence-corrected chi connectivity index (χ3v) is 4.86. The van der Waals surface area contributed by atoms with Gasteiger partial charge in [-0.3, -0.25) is 0 Å². The highest BCUT2D eigenvalue weighted by molar-refractivity contribution is 5.14. The Labute approximate surface area is 125 Å². The van der Waals surface area contributed by atoms with Crippen molar-refractivity contribution in [3.05, 3.63) is 35.9 Å². The first kappa shape index (κ1) is 15.6. The third kappa shape index (κ3) is 5.28. The Morgan fingerprint density at radius 1 is 1.00 bits per heavy atom. The second kappa shape index (κ2) is 8.46. The zero-order valence-electron chi connectivity index (χ0n) is 13.3. The molecular formula is C19H31N. The molecule has 1 unspecified atom stereocenters. The summed E-state index contributed by atoms with van der Waals surface area (Å²) in [7, 11) is 0. The molecule has 0 radical (unpaired) electrons. The van der Waals surface area contributed by atoms with Gasteiger partial charge in [0.1, 0.15) is 0 Å². The minimum absolute atomic E-state index is 0.619. The summed E-state index contributed by atoms with van der Waals surface area (Å²) in [5.41, 5.74) is 1.46. The van der Waals surface area contributed by atoms with Crippen molar-refractivity contribution >= 4 is 0 Å². The lowest BCUT2D eigenvalue weighted by Crippen LogP contribution is -2.39. The lowest BCUT2D eigenvalue weighted by molar-refractivity contribution is 0.309. The highest BCUT2D eigenvalue weighted by Gasteiger charge is 2.20. The molecule has 1 aromatic carbocycles. The molecule has 0 saturated heterocycles. The van der Waals surface area contributed by atoms with Crippen molar-refractivity contribution in [3.8, 4) is 0 Å². The van der Waals surface area contributed by atoms with Crippen molar-refractivity contribution in [3.63, 3.8) is 0 Å². The maximum absolute atomic E-state index is 3.85. The van der Waals surface area contributed by atoms with Gasteiger partial charge in [-0.1, -0.05) is 56.0 Å². The quantitative estimate of drug-likeness (QED) is 0.723. The Bertz CT molecular complexity index is 351. The van der Waals surface area contributed by atoms with Gasteiger partial charge >= 0.3 is 0 Å². The predicted molar refractivity (Wildman–Crippen MR) is 88.0 cm³/mol. The summed E-state index contributed by atoms with van der Waals surface area (Å²) in [4.78, 5) is 0. The molecule has 112 valence electrons. The first-order valence-corrected chi connectivity index (χ1v) is 8.55. The van der Waals surface area contributed by atoms with E-state index in [1.165, 1.54) is 56.9 Å². The van der Waals surface area contributed by atoms with E-state index in [9.17, 15) is 0 Å². The van der Waals surface area contributed by atoms with E-state index in [0.29, 0.717) is 12.1 Å². The van der Waals surface area contributed by atoms with Crippen molar-refractivity contribution < 1.29 is 0 Å². The molecule has 2 rings (SSSR count). The van der Waals surface area contributed by atoms with Gasteiger partial charge in [0.05, 0.1) is 0 Å². The molecule has 0 spiro atoms. The van der Waals surface area contributed by atoms with Crippen LogP contribution in [0.5, 0.6) is 0 Å². The molecule has 1 aromatic rings. The zero-order valence-corrected chi connectivity index (χ0v) is 13.3. The van der Waals surface area contributed by atoms with Crippen LogP contribution in [-0.2, 0) is 6.42 Å². The number of rotatable bonds is 6. The summed E-state index contributed by atoms with van der Waals surface area (Å²) in [6.07, 6.45) is 11.1. The molecule has 0 bridgehead atoms. The van der Waals surface area contributed by atoms with Gasteiger partial charge in [-0.2, -0.15) is 0 Å². The molecule has 1 fully saturated rings. The van der Waals surface area contributed by atoms with Crippen LogP contribution in [-0.4, -0.2) is 12.1 Å². The largest absolute Gasteiger partial charge is 0.311 e. The average molecular weight is 273 g/mol. The molecule has 1 aliphatic rings. The lowest BCUT2D eigenvalue weighted by Gasteiger charge is -2.27. The fourth-order valence-corrected chi connectivity index (χ4v) is 3.51. The van der Waals surface area contributed by atoms with Crippen LogP contribution in [0.3, 0.4) is 0 Å². The van der Waals surface area contributed by atoms with Crippen LogP contribution in [0.15, 0.2) is 30.3 Å². The van der Waals surface area contributed by atoms with Crippen LogP contribution in [0.1, 0.15) is 64.4 Å². The van der Waals surface area contributed by atoms with E-state index in [-0.39, 0.29) is 0 Å². The van der Waals surface area contributed by atoms with Gasteiger partial charge in [-0.15, -0.1) is 0 Å². The number of hydrogen-bond donors (Lipinski definition) is 1. The van der Waals surface area contributed by atoms with Gasteiger partial charge in [0.15, 0.2) is 0 Å². The van der Waals surface area contributed by atoms with E-state index in [4.69, 9.17) is 0 Å². The van der Waals surface area contributed by atoms with Gasteiger partial charge in [0, 0.05) is 12.1 Å². The van der Waals surface area contributed by atoms with Gasteiger partial charge in [0.2, 0.25) is 0 Å². The first-order chi connectivity index (χ1) is 9.75. The molecule has 1 heteroatoms. The zero-order chi connectivity index (χ0) is 14.2. The molecule has 20 heavy (non-hydrogen) atoms. The summed E-state index contributed by atoms with van der Waals surface area (Å²) >= 11 is 0. The number of nitrogens with one attached hydrogen (secondary N) is 1. The summed E-state index contributed by atoms with van der Waals surface area (Å²) in [6, 6.07) is 12.2. The first-order valence-electron chi connectivity index (χ1n) is 8.55. The predicted octanol–water partition coefficient (Wildman–Crippen LogP) is 4.96. The second-order valence-corrected chi connectivity index (χ2v) is 6.63. The Kier molecular flexibility index (Phi) is 6.59. The van der Waals surface area contributed by atoms with Crippen LogP contribution in [0.4, 0.5) is 0 Å². The smallest absolute Gasteiger partial charge is 0.00694 e. The van der Waals surface area contributed by atoms with E-state index in [1.807, 2.05) is 0 Å². The standard InChI is InChI=1S/C19H31N/c1-16(14-15-18-10-6-5-7-11-18)20-17(2)19-12-8-3-4-9-13-19/h5-7,10-11,16-17,19-20H,3-4,8-9,12-15H2,1-2H3/t16?,17-/m1/s1. The Balaban J connectivity index is 1.71.